The van der Waals surface area contributed by atoms with Crippen LogP contribution in [-0.4, -0.2) is 24.3 Å². The normalized spacial score (nSPS) is 14.1. The highest BCUT2D eigenvalue weighted by Gasteiger charge is 2.30. The van der Waals surface area contributed by atoms with E-state index in [0.29, 0.717) is 5.75 Å². The lowest BCUT2D eigenvalue weighted by Crippen LogP contribution is -2.29. The van der Waals surface area contributed by atoms with E-state index in [1.54, 1.807) is 52.0 Å². The zero-order valence-electron chi connectivity index (χ0n) is 12.3. The standard InChI is InChI=1S/C14H22NO4P/c1-11(2)18-14(16)10-15-20(17,12(3)4)19-13-8-6-5-7-9-13/h5-9,11-12H,10H2,1-4H3,(H,15,17). The molecule has 0 amide bonds. The fourth-order valence-electron chi connectivity index (χ4n) is 1.44. The zero-order valence-corrected chi connectivity index (χ0v) is 13.2. The predicted molar refractivity (Wildman–Crippen MR) is 79.0 cm³/mol. The van der Waals surface area contributed by atoms with Crippen LogP contribution < -0.4 is 9.61 Å². The van der Waals surface area contributed by atoms with Gasteiger partial charge in [0, 0.05) is 0 Å². The van der Waals surface area contributed by atoms with Crippen LogP contribution in [0.2, 0.25) is 0 Å². The van der Waals surface area contributed by atoms with Gasteiger partial charge in [-0.25, -0.2) is 5.09 Å². The number of ether oxygens (including phenoxy) is 1. The van der Waals surface area contributed by atoms with Crippen LogP contribution >= 0.6 is 7.52 Å². The Morgan fingerprint density at radius 3 is 2.30 bits per heavy atom. The molecule has 0 spiro atoms. The molecule has 1 N–H and O–H groups in total. The summed E-state index contributed by atoms with van der Waals surface area (Å²) in [5.74, 6) is 0.0618. The summed E-state index contributed by atoms with van der Waals surface area (Å²) in [5.41, 5.74) is -0.255. The Labute approximate surface area is 120 Å². The Morgan fingerprint density at radius 1 is 1.20 bits per heavy atom. The minimum absolute atomic E-state index is 0.138. The third kappa shape index (κ3) is 5.35. The molecule has 0 heterocycles. The summed E-state index contributed by atoms with van der Waals surface area (Å²) in [5, 5.41) is 2.71. The van der Waals surface area contributed by atoms with E-state index in [-0.39, 0.29) is 18.3 Å². The Bertz CT molecular complexity index is 473. The molecule has 1 rings (SSSR count). The second-order valence-corrected chi connectivity index (χ2v) is 7.69. The highest BCUT2D eigenvalue weighted by Crippen LogP contribution is 2.47. The zero-order chi connectivity index (χ0) is 15.2. The van der Waals surface area contributed by atoms with E-state index in [0.717, 1.165) is 0 Å². The van der Waals surface area contributed by atoms with Gasteiger partial charge in [-0.1, -0.05) is 32.0 Å². The first-order valence-corrected chi connectivity index (χ1v) is 8.32. The monoisotopic (exact) mass is 299 g/mol. The molecule has 20 heavy (non-hydrogen) atoms. The van der Waals surface area contributed by atoms with E-state index >= 15 is 0 Å². The van der Waals surface area contributed by atoms with Crippen molar-refractivity contribution in [2.45, 2.75) is 39.5 Å². The first-order chi connectivity index (χ1) is 9.33. The van der Waals surface area contributed by atoms with Crippen LogP contribution in [0.1, 0.15) is 27.7 Å². The van der Waals surface area contributed by atoms with Crippen molar-refractivity contribution in [2.24, 2.45) is 0 Å². The largest absolute Gasteiger partial charge is 0.462 e. The number of hydrogen-bond donors (Lipinski definition) is 1. The van der Waals surface area contributed by atoms with Crippen molar-refractivity contribution in [3.05, 3.63) is 30.3 Å². The molecule has 1 aromatic rings. The van der Waals surface area contributed by atoms with E-state index in [1.807, 2.05) is 6.07 Å². The van der Waals surface area contributed by atoms with Crippen LogP contribution in [0.4, 0.5) is 0 Å². The van der Waals surface area contributed by atoms with E-state index < -0.39 is 13.5 Å². The molecule has 0 aromatic heterocycles. The summed E-state index contributed by atoms with van der Waals surface area (Å²) in [4.78, 5) is 11.5. The lowest BCUT2D eigenvalue weighted by molar-refractivity contribution is -0.145. The van der Waals surface area contributed by atoms with Crippen LogP contribution in [0.25, 0.3) is 0 Å². The molecule has 0 aliphatic rings. The number of rotatable bonds is 7. The fourth-order valence-corrected chi connectivity index (χ4v) is 2.86. The van der Waals surface area contributed by atoms with E-state index in [4.69, 9.17) is 9.26 Å². The SMILES string of the molecule is CC(C)OC(=O)CNP(=O)(Oc1ccccc1)C(C)C. The third-order valence-corrected chi connectivity index (χ3v) is 4.92. The van der Waals surface area contributed by atoms with E-state index in [1.165, 1.54) is 0 Å². The van der Waals surface area contributed by atoms with Gasteiger partial charge in [0.25, 0.3) is 0 Å². The van der Waals surface area contributed by atoms with Gasteiger partial charge < -0.3 is 9.26 Å². The number of esters is 1. The first kappa shape index (κ1) is 16.7. The Balaban J connectivity index is 2.68. The summed E-state index contributed by atoms with van der Waals surface area (Å²) in [6.07, 6.45) is -0.197. The smallest absolute Gasteiger partial charge is 0.320 e. The molecule has 1 unspecified atom stereocenters. The molecule has 112 valence electrons. The molecular weight excluding hydrogens is 277 g/mol. The van der Waals surface area contributed by atoms with Crippen molar-refractivity contribution in [3.63, 3.8) is 0 Å². The van der Waals surface area contributed by atoms with Crippen LogP contribution in [0.5, 0.6) is 5.75 Å². The highest BCUT2D eigenvalue weighted by atomic mass is 31.2. The minimum Gasteiger partial charge on any atom is -0.462 e. The van der Waals surface area contributed by atoms with Gasteiger partial charge in [0.2, 0.25) is 0 Å². The maximum atomic E-state index is 12.7. The van der Waals surface area contributed by atoms with Gasteiger partial charge in [-0.15, -0.1) is 0 Å². The Kier molecular flexibility index (Phi) is 6.24. The average molecular weight is 299 g/mol. The number of para-hydroxylation sites is 1. The van der Waals surface area contributed by atoms with Crippen molar-refractivity contribution in [2.75, 3.05) is 6.54 Å². The van der Waals surface area contributed by atoms with Gasteiger partial charge in [-0.2, -0.15) is 0 Å². The minimum atomic E-state index is -3.16. The highest BCUT2D eigenvalue weighted by molar-refractivity contribution is 7.58. The molecule has 0 bridgehead atoms. The molecule has 0 radical (unpaired) electrons. The second kappa shape index (κ2) is 7.46. The summed E-state index contributed by atoms with van der Waals surface area (Å²) in [6.45, 7) is 6.95. The molecule has 1 atom stereocenters. The first-order valence-electron chi connectivity index (χ1n) is 6.62. The average Bonchev–Trinajstić information content (AvgIpc) is 2.36. The Morgan fingerprint density at radius 2 is 1.80 bits per heavy atom. The molecule has 1 aromatic carbocycles. The van der Waals surface area contributed by atoms with Crippen molar-refractivity contribution in [1.82, 2.24) is 5.09 Å². The molecular formula is C14H22NO4P. The van der Waals surface area contributed by atoms with Crippen LogP contribution in [-0.2, 0) is 14.1 Å². The third-order valence-electron chi connectivity index (χ3n) is 2.47. The predicted octanol–water partition coefficient (Wildman–Crippen LogP) is 3.21. The number of benzene rings is 1. The lowest BCUT2D eigenvalue weighted by Gasteiger charge is -2.23. The number of carbonyl (C=O) groups excluding carboxylic acids is 1. The Hall–Kier alpha value is -1.32. The molecule has 0 saturated heterocycles. The fraction of sp³-hybridized carbons (Fsp3) is 0.500. The van der Waals surface area contributed by atoms with Gasteiger partial charge in [-0.3, -0.25) is 9.36 Å². The van der Waals surface area contributed by atoms with Crippen LogP contribution in [0.15, 0.2) is 30.3 Å². The van der Waals surface area contributed by atoms with E-state index in [2.05, 4.69) is 5.09 Å². The van der Waals surface area contributed by atoms with Crippen LogP contribution in [0.3, 0.4) is 0 Å². The van der Waals surface area contributed by atoms with Crippen molar-refractivity contribution in [1.29, 1.82) is 0 Å². The van der Waals surface area contributed by atoms with Crippen molar-refractivity contribution >= 4 is 13.5 Å². The summed E-state index contributed by atoms with van der Waals surface area (Å²) in [7, 11) is -3.16. The summed E-state index contributed by atoms with van der Waals surface area (Å²) >= 11 is 0. The molecule has 0 fully saturated rings. The molecule has 0 aliphatic carbocycles. The molecule has 0 saturated carbocycles. The maximum absolute atomic E-state index is 12.7. The molecule has 5 nitrogen and oxygen atoms in total. The van der Waals surface area contributed by atoms with Gasteiger partial charge in [0.15, 0.2) is 0 Å². The van der Waals surface area contributed by atoms with Crippen molar-refractivity contribution in [3.8, 4) is 5.75 Å². The second-order valence-electron chi connectivity index (χ2n) is 4.97. The van der Waals surface area contributed by atoms with Crippen molar-refractivity contribution < 1.29 is 18.6 Å². The van der Waals surface area contributed by atoms with Crippen LogP contribution in [0, 0.1) is 0 Å². The van der Waals surface area contributed by atoms with Gasteiger partial charge in [-0.05, 0) is 26.0 Å². The van der Waals surface area contributed by atoms with Gasteiger partial charge in [0.05, 0.1) is 11.8 Å². The molecule has 6 heteroatoms. The number of hydrogen-bond acceptors (Lipinski definition) is 4. The topological polar surface area (TPSA) is 64.6 Å². The van der Waals surface area contributed by atoms with Gasteiger partial charge in [0.1, 0.15) is 12.3 Å². The lowest BCUT2D eigenvalue weighted by atomic mass is 10.3. The molecule has 0 aliphatic heterocycles. The number of carbonyl (C=O) groups is 1. The summed E-state index contributed by atoms with van der Waals surface area (Å²) < 4.78 is 23.3. The quantitative estimate of drug-likeness (QED) is 0.618. The number of nitrogens with one attached hydrogen (secondary N) is 1. The van der Waals surface area contributed by atoms with E-state index in [9.17, 15) is 9.36 Å². The summed E-state index contributed by atoms with van der Waals surface area (Å²) in [6, 6.07) is 8.90. The maximum Gasteiger partial charge on any atom is 0.320 e. The van der Waals surface area contributed by atoms with Gasteiger partial charge >= 0.3 is 13.5 Å².